The van der Waals surface area contributed by atoms with Gasteiger partial charge >= 0.3 is 0 Å². The largest absolute Gasteiger partial charge is 0.493 e. The Bertz CT molecular complexity index is 1040. The molecule has 3 rings (SSSR count). The molecule has 3 aromatic rings. The molecule has 2 aromatic carbocycles. The van der Waals surface area contributed by atoms with E-state index in [1.807, 2.05) is 35.8 Å². The predicted molar refractivity (Wildman–Crippen MR) is 115 cm³/mol. The minimum absolute atomic E-state index is 0.0906. The maximum absolute atomic E-state index is 11.2. The quantitative estimate of drug-likeness (QED) is 0.199. The van der Waals surface area contributed by atoms with Gasteiger partial charge in [0.05, 0.1) is 12.0 Å². The van der Waals surface area contributed by atoms with Gasteiger partial charge in [0.25, 0.3) is 5.69 Å². The molecule has 0 aliphatic rings. The van der Waals surface area contributed by atoms with E-state index in [9.17, 15) is 10.1 Å². The van der Waals surface area contributed by atoms with Crippen LogP contribution in [-0.4, -0.2) is 26.8 Å². The Kier molecular flexibility index (Phi) is 7.08. The van der Waals surface area contributed by atoms with E-state index in [1.54, 1.807) is 31.4 Å². The molecule has 0 radical (unpaired) electrons. The molecule has 1 unspecified atom stereocenters. The van der Waals surface area contributed by atoms with Gasteiger partial charge in [-0.05, 0) is 19.1 Å². The van der Waals surface area contributed by atoms with Crippen molar-refractivity contribution in [3.63, 3.8) is 0 Å². The summed E-state index contributed by atoms with van der Waals surface area (Å²) < 4.78 is 13.3. The average Bonchev–Trinajstić information content (AvgIpc) is 3.15. The molecule has 0 fully saturated rings. The summed E-state index contributed by atoms with van der Waals surface area (Å²) in [7, 11) is 1.59. The van der Waals surface area contributed by atoms with Crippen molar-refractivity contribution in [1.29, 1.82) is 0 Å². The summed E-state index contributed by atoms with van der Waals surface area (Å²) in [6.07, 6.45) is 1.35. The molecule has 30 heavy (non-hydrogen) atoms. The molecular formula is C21H22N4O4S. The Labute approximate surface area is 178 Å². The lowest BCUT2D eigenvalue weighted by molar-refractivity contribution is -0.385. The number of benzene rings is 2. The SMILES string of the molecule is C=CCn1c(SCc2ccccc2[N+](=O)[O-])nnc1C(C)Oc1ccccc1OC. The van der Waals surface area contributed by atoms with Crippen molar-refractivity contribution in [3.05, 3.63) is 82.7 Å². The number of para-hydroxylation sites is 3. The molecule has 0 saturated carbocycles. The van der Waals surface area contributed by atoms with Crippen LogP contribution in [-0.2, 0) is 12.3 Å². The fraction of sp³-hybridized carbons (Fsp3) is 0.238. The van der Waals surface area contributed by atoms with Gasteiger partial charge in [0.2, 0.25) is 0 Å². The van der Waals surface area contributed by atoms with Crippen LogP contribution in [0, 0.1) is 10.1 Å². The fourth-order valence-corrected chi connectivity index (χ4v) is 3.87. The van der Waals surface area contributed by atoms with Crippen LogP contribution in [0.4, 0.5) is 5.69 Å². The van der Waals surface area contributed by atoms with Gasteiger partial charge in [-0.25, -0.2) is 0 Å². The molecule has 9 heteroatoms. The van der Waals surface area contributed by atoms with E-state index in [4.69, 9.17) is 9.47 Å². The molecular weight excluding hydrogens is 404 g/mol. The van der Waals surface area contributed by atoms with Crippen molar-refractivity contribution in [1.82, 2.24) is 14.8 Å². The number of nitro groups is 1. The number of nitro benzene ring substituents is 1. The normalized spacial score (nSPS) is 11.7. The lowest BCUT2D eigenvalue weighted by atomic mass is 10.2. The maximum Gasteiger partial charge on any atom is 0.273 e. The minimum atomic E-state index is -0.394. The highest BCUT2D eigenvalue weighted by Crippen LogP contribution is 2.32. The van der Waals surface area contributed by atoms with Gasteiger partial charge in [0, 0.05) is 23.9 Å². The molecule has 0 bridgehead atoms. The first kappa shape index (κ1) is 21.4. The third-order valence-electron chi connectivity index (χ3n) is 4.34. The van der Waals surface area contributed by atoms with E-state index in [-0.39, 0.29) is 10.6 Å². The van der Waals surface area contributed by atoms with E-state index in [1.165, 1.54) is 17.8 Å². The van der Waals surface area contributed by atoms with Gasteiger partial charge in [-0.3, -0.25) is 14.7 Å². The lowest BCUT2D eigenvalue weighted by Gasteiger charge is -2.17. The Morgan fingerprint density at radius 1 is 1.20 bits per heavy atom. The molecule has 0 spiro atoms. The van der Waals surface area contributed by atoms with E-state index in [0.29, 0.717) is 40.3 Å². The summed E-state index contributed by atoms with van der Waals surface area (Å²) in [6.45, 7) is 6.18. The molecule has 1 atom stereocenters. The second-order valence-electron chi connectivity index (χ2n) is 6.33. The fourth-order valence-electron chi connectivity index (χ4n) is 2.92. The number of hydrogen-bond acceptors (Lipinski definition) is 7. The first-order chi connectivity index (χ1) is 14.5. The summed E-state index contributed by atoms with van der Waals surface area (Å²) in [5.41, 5.74) is 0.716. The second kappa shape index (κ2) is 9.93. The topological polar surface area (TPSA) is 92.3 Å². The number of rotatable bonds is 10. The van der Waals surface area contributed by atoms with E-state index in [2.05, 4.69) is 16.8 Å². The highest BCUT2D eigenvalue weighted by molar-refractivity contribution is 7.98. The van der Waals surface area contributed by atoms with Crippen molar-refractivity contribution >= 4 is 17.4 Å². The summed E-state index contributed by atoms with van der Waals surface area (Å²) in [4.78, 5) is 10.9. The van der Waals surface area contributed by atoms with Crippen LogP contribution < -0.4 is 9.47 Å². The van der Waals surface area contributed by atoms with Gasteiger partial charge in [-0.15, -0.1) is 16.8 Å². The number of nitrogens with zero attached hydrogens (tertiary/aromatic N) is 4. The standard InChI is InChI=1S/C21H22N4O4S/c1-4-13-24-20(15(2)29-19-12-8-7-11-18(19)28-3)22-23-21(24)30-14-16-9-5-6-10-17(16)25(26)27/h4-12,15H,1,13-14H2,2-3H3. The van der Waals surface area contributed by atoms with Crippen LogP contribution in [0.15, 0.2) is 66.3 Å². The van der Waals surface area contributed by atoms with Crippen LogP contribution in [0.25, 0.3) is 0 Å². The molecule has 0 amide bonds. The zero-order chi connectivity index (χ0) is 21.5. The summed E-state index contributed by atoms with van der Waals surface area (Å²) in [6, 6.07) is 14.1. The van der Waals surface area contributed by atoms with Gasteiger partial charge in [-0.2, -0.15) is 0 Å². The Morgan fingerprint density at radius 3 is 2.60 bits per heavy atom. The van der Waals surface area contributed by atoms with Crippen molar-refractivity contribution in [2.24, 2.45) is 0 Å². The highest BCUT2D eigenvalue weighted by atomic mass is 32.2. The second-order valence-corrected chi connectivity index (χ2v) is 7.27. The number of aromatic nitrogens is 3. The van der Waals surface area contributed by atoms with Gasteiger partial charge < -0.3 is 9.47 Å². The Balaban J connectivity index is 1.81. The average molecular weight is 426 g/mol. The van der Waals surface area contributed by atoms with Gasteiger partial charge in [-0.1, -0.05) is 48.2 Å². The van der Waals surface area contributed by atoms with Crippen LogP contribution in [0.2, 0.25) is 0 Å². The van der Waals surface area contributed by atoms with Crippen LogP contribution >= 0.6 is 11.8 Å². The summed E-state index contributed by atoms with van der Waals surface area (Å²) in [5.74, 6) is 2.26. The summed E-state index contributed by atoms with van der Waals surface area (Å²) >= 11 is 1.38. The number of thioether (sulfide) groups is 1. The van der Waals surface area contributed by atoms with E-state index < -0.39 is 6.10 Å². The first-order valence-electron chi connectivity index (χ1n) is 9.24. The molecule has 1 aromatic heterocycles. The third-order valence-corrected chi connectivity index (χ3v) is 5.35. The molecule has 0 saturated heterocycles. The first-order valence-corrected chi connectivity index (χ1v) is 10.2. The zero-order valence-corrected chi connectivity index (χ0v) is 17.5. The van der Waals surface area contributed by atoms with Crippen molar-refractivity contribution < 1.29 is 14.4 Å². The lowest BCUT2D eigenvalue weighted by Crippen LogP contribution is -2.12. The van der Waals surface area contributed by atoms with E-state index in [0.717, 1.165) is 0 Å². The van der Waals surface area contributed by atoms with Crippen LogP contribution in [0.3, 0.4) is 0 Å². The Morgan fingerprint density at radius 2 is 1.90 bits per heavy atom. The molecule has 0 N–H and O–H groups in total. The van der Waals surface area contributed by atoms with Crippen molar-refractivity contribution in [2.75, 3.05) is 7.11 Å². The molecule has 156 valence electrons. The van der Waals surface area contributed by atoms with E-state index >= 15 is 0 Å². The highest BCUT2D eigenvalue weighted by Gasteiger charge is 2.21. The van der Waals surface area contributed by atoms with Crippen LogP contribution in [0.1, 0.15) is 24.4 Å². The summed E-state index contributed by atoms with van der Waals surface area (Å²) in [5, 5.41) is 20.5. The predicted octanol–water partition coefficient (Wildman–Crippen LogP) is 4.81. The third kappa shape index (κ3) is 4.80. The number of hydrogen-bond donors (Lipinski definition) is 0. The molecule has 1 heterocycles. The molecule has 0 aliphatic carbocycles. The number of allylic oxidation sites excluding steroid dienone is 1. The van der Waals surface area contributed by atoms with Gasteiger partial charge in [0.1, 0.15) is 0 Å². The molecule has 0 aliphatic heterocycles. The number of ether oxygens (including phenoxy) is 2. The Hall–Kier alpha value is -3.33. The van der Waals surface area contributed by atoms with Crippen molar-refractivity contribution in [3.8, 4) is 11.5 Å². The molecule has 8 nitrogen and oxygen atoms in total. The van der Waals surface area contributed by atoms with Crippen LogP contribution in [0.5, 0.6) is 11.5 Å². The zero-order valence-electron chi connectivity index (χ0n) is 16.7. The van der Waals surface area contributed by atoms with Crippen molar-refractivity contribution in [2.45, 2.75) is 30.5 Å². The number of methoxy groups -OCH3 is 1. The van der Waals surface area contributed by atoms with Gasteiger partial charge in [0.15, 0.2) is 28.6 Å². The minimum Gasteiger partial charge on any atom is -0.493 e. The maximum atomic E-state index is 11.2. The monoisotopic (exact) mass is 426 g/mol. The smallest absolute Gasteiger partial charge is 0.273 e.